The first-order valence-electron chi connectivity index (χ1n) is 7.31. The number of piperidine rings is 1. The highest BCUT2D eigenvalue weighted by Crippen LogP contribution is 2.22. The Morgan fingerprint density at radius 1 is 1.41 bits per heavy atom. The molecular weight excluding hydrogens is 322 g/mol. The van der Waals surface area contributed by atoms with Gasteiger partial charge in [0.2, 0.25) is 0 Å². The Bertz CT molecular complexity index is 608. The van der Waals surface area contributed by atoms with E-state index in [0.29, 0.717) is 23.2 Å². The highest BCUT2D eigenvalue weighted by Gasteiger charge is 2.27. The Morgan fingerprint density at radius 2 is 2.23 bits per heavy atom. The Kier molecular flexibility index (Phi) is 4.94. The van der Waals surface area contributed by atoms with Gasteiger partial charge in [0.05, 0.1) is 5.69 Å². The third-order valence-electron chi connectivity index (χ3n) is 3.57. The van der Waals surface area contributed by atoms with Gasteiger partial charge in [-0.1, -0.05) is 29.2 Å². The molecule has 0 N–H and O–H groups in total. The van der Waals surface area contributed by atoms with Crippen LogP contribution in [0.4, 0.5) is 0 Å². The van der Waals surface area contributed by atoms with Gasteiger partial charge in [-0.15, -0.1) is 15.3 Å². The third-order valence-corrected chi connectivity index (χ3v) is 4.91. The van der Waals surface area contributed by atoms with E-state index >= 15 is 0 Å². The van der Waals surface area contributed by atoms with Crippen LogP contribution in [0.15, 0.2) is 5.51 Å². The van der Waals surface area contributed by atoms with Gasteiger partial charge in [-0.25, -0.2) is 0 Å². The number of nitrogens with zero attached hydrogens (tertiary/aromatic N) is 5. The van der Waals surface area contributed by atoms with Crippen molar-refractivity contribution in [2.45, 2.75) is 38.7 Å². The molecular formula is C13H17N5O2S2. The Hall–Kier alpha value is -1.61. The minimum atomic E-state index is 0.0489. The molecule has 0 unspecified atom stereocenters. The molecule has 0 aromatic carbocycles. The second kappa shape index (κ2) is 7.10. The highest BCUT2D eigenvalue weighted by molar-refractivity contribution is 7.11. The van der Waals surface area contributed by atoms with E-state index in [1.165, 1.54) is 22.9 Å². The predicted octanol–water partition coefficient (Wildman–Crippen LogP) is 2.03. The summed E-state index contributed by atoms with van der Waals surface area (Å²) in [6.45, 7) is 3.45. The lowest BCUT2D eigenvalue weighted by Crippen LogP contribution is -2.41. The lowest BCUT2D eigenvalue weighted by molar-refractivity contribution is 0.0597. The second-order valence-electron chi connectivity index (χ2n) is 5.11. The van der Waals surface area contributed by atoms with Crippen molar-refractivity contribution in [1.29, 1.82) is 0 Å². The fourth-order valence-electron chi connectivity index (χ4n) is 2.45. The largest absolute Gasteiger partial charge is 0.465 e. The molecule has 0 saturated carbocycles. The molecule has 3 rings (SSSR count). The fraction of sp³-hybridized carbons (Fsp3) is 0.615. The van der Waals surface area contributed by atoms with Crippen molar-refractivity contribution in [3.05, 3.63) is 16.1 Å². The van der Waals surface area contributed by atoms with Crippen LogP contribution in [0.5, 0.6) is 5.19 Å². The number of ether oxygens (including phenoxy) is 1. The zero-order chi connectivity index (χ0) is 15.4. The summed E-state index contributed by atoms with van der Waals surface area (Å²) in [5.41, 5.74) is 2.48. The summed E-state index contributed by atoms with van der Waals surface area (Å²) in [4.78, 5) is 15.1. The average Bonchev–Trinajstić information content (AvgIpc) is 3.19. The first-order valence-corrected chi connectivity index (χ1v) is 8.96. The minimum Gasteiger partial charge on any atom is -0.465 e. The summed E-state index contributed by atoms with van der Waals surface area (Å²) in [5.74, 6) is 0.0489. The standard InChI is InChI=1S/C13H17N5O2S2/c1-2-3-10-11(22-17-15-10)12(19)18-6-4-9(5-7-18)20-13-16-14-8-21-13/h8-9H,2-7H2,1H3. The van der Waals surface area contributed by atoms with Crippen LogP contribution in [0, 0.1) is 0 Å². The summed E-state index contributed by atoms with van der Waals surface area (Å²) in [6, 6.07) is 0. The number of carbonyl (C=O) groups is 1. The van der Waals surface area contributed by atoms with Gasteiger partial charge in [0, 0.05) is 25.9 Å². The molecule has 1 aliphatic rings. The lowest BCUT2D eigenvalue weighted by Gasteiger charge is -2.31. The molecule has 0 aliphatic carbocycles. The van der Waals surface area contributed by atoms with Gasteiger partial charge >= 0.3 is 0 Å². The fourth-order valence-corrected chi connectivity index (χ4v) is 3.60. The first-order chi connectivity index (χ1) is 10.8. The molecule has 2 aromatic rings. The molecule has 118 valence electrons. The van der Waals surface area contributed by atoms with Gasteiger partial charge in [-0.2, -0.15) is 0 Å². The molecule has 1 saturated heterocycles. The number of aryl methyl sites for hydroxylation is 1. The number of likely N-dealkylation sites (tertiary alicyclic amines) is 1. The maximum Gasteiger partial charge on any atom is 0.294 e. The molecule has 1 amide bonds. The highest BCUT2D eigenvalue weighted by atomic mass is 32.1. The molecule has 0 atom stereocenters. The molecule has 9 heteroatoms. The monoisotopic (exact) mass is 339 g/mol. The molecule has 7 nitrogen and oxygen atoms in total. The Morgan fingerprint density at radius 3 is 2.91 bits per heavy atom. The van der Waals surface area contributed by atoms with Gasteiger partial charge in [-0.05, 0) is 18.0 Å². The number of amides is 1. The van der Waals surface area contributed by atoms with Crippen LogP contribution in [0.3, 0.4) is 0 Å². The Labute approximate surface area is 136 Å². The van der Waals surface area contributed by atoms with Crippen molar-refractivity contribution in [2.24, 2.45) is 0 Å². The quantitative estimate of drug-likeness (QED) is 0.829. The number of carbonyl (C=O) groups excluding carboxylic acids is 1. The Balaban J connectivity index is 1.56. The molecule has 2 aromatic heterocycles. The zero-order valence-corrected chi connectivity index (χ0v) is 13.9. The minimum absolute atomic E-state index is 0.0489. The number of aromatic nitrogens is 4. The maximum absolute atomic E-state index is 12.6. The topological polar surface area (TPSA) is 81.1 Å². The molecule has 0 spiro atoms. The normalized spacial score (nSPS) is 16.0. The third kappa shape index (κ3) is 3.41. The predicted molar refractivity (Wildman–Crippen MR) is 83.4 cm³/mol. The van der Waals surface area contributed by atoms with Gasteiger partial charge in [0.15, 0.2) is 0 Å². The van der Waals surface area contributed by atoms with E-state index in [2.05, 4.69) is 26.7 Å². The van der Waals surface area contributed by atoms with Crippen molar-refractivity contribution in [1.82, 2.24) is 24.7 Å². The van der Waals surface area contributed by atoms with Gasteiger partial charge in [0.25, 0.3) is 11.1 Å². The molecule has 1 fully saturated rings. The lowest BCUT2D eigenvalue weighted by atomic mass is 10.1. The van der Waals surface area contributed by atoms with E-state index < -0.39 is 0 Å². The summed E-state index contributed by atoms with van der Waals surface area (Å²) >= 11 is 2.58. The van der Waals surface area contributed by atoms with E-state index in [1.54, 1.807) is 5.51 Å². The smallest absolute Gasteiger partial charge is 0.294 e. The molecule has 0 radical (unpaired) electrons. The maximum atomic E-state index is 12.6. The van der Waals surface area contributed by atoms with Crippen LogP contribution < -0.4 is 4.74 Å². The van der Waals surface area contributed by atoms with Crippen molar-refractivity contribution < 1.29 is 9.53 Å². The van der Waals surface area contributed by atoms with Gasteiger partial charge in [-0.3, -0.25) is 4.79 Å². The van der Waals surface area contributed by atoms with Gasteiger partial charge in [0.1, 0.15) is 16.5 Å². The number of hydrogen-bond acceptors (Lipinski definition) is 8. The van der Waals surface area contributed by atoms with Gasteiger partial charge < -0.3 is 9.64 Å². The molecule has 1 aliphatic heterocycles. The summed E-state index contributed by atoms with van der Waals surface area (Å²) in [6.07, 6.45) is 3.48. The molecule has 3 heterocycles. The summed E-state index contributed by atoms with van der Waals surface area (Å²) < 4.78 is 9.69. The second-order valence-corrected chi connectivity index (χ2v) is 6.66. The van der Waals surface area contributed by atoms with E-state index in [4.69, 9.17) is 4.74 Å². The van der Waals surface area contributed by atoms with Crippen molar-refractivity contribution >= 4 is 28.8 Å². The van der Waals surface area contributed by atoms with Crippen LogP contribution in [-0.4, -0.2) is 49.8 Å². The average molecular weight is 339 g/mol. The van der Waals surface area contributed by atoms with Crippen molar-refractivity contribution in [3.63, 3.8) is 0 Å². The van der Waals surface area contributed by atoms with E-state index in [9.17, 15) is 4.79 Å². The van der Waals surface area contributed by atoms with Crippen molar-refractivity contribution in [3.8, 4) is 5.19 Å². The SMILES string of the molecule is CCCc1nnsc1C(=O)N1CCC(Oc2nncs2)CC1. The van der Waals surface area contributed by atoms with Crippen LogP contribution in [-0.2, 0) is 6.42 Å². The first kappa shape index (κ1) is 15.3. The summed E-state index contributed by atoms with van der Waals surface area (Å²) in [5, 5.41) is 12.3. The van der Waals surface area contributed by atoms with Crippen molar-refractivity contribution in [2.75, 3.05) is 13.1 Å². The van der Waals surface area contributed by atoms with Crippen LogP contribution in [0.1, 0.15) is 41.6 Å². The van der Waals surface area contributed by atoms with Crippen LogP contribution in [0.2, 0.25) is 0 Å². The number of rotatable bonds is 5. The zero-order valence-electron chi connectivity index (χ0n) is 12.3. The van der Waals surface area contributed by atoms with E-state index in [0.717, 1.165) is 31.4 Å². The molecule has 22 heavy (non-hydrogen) atoms. The summed E-state index contributed by atoms with van der Waals surface area (Å²) in [7, 11) is 0. The number of hydrogen-bond donors (Lipinski definition) is 0. The van der Waals surface area contributed by atoms with E-state index in [-0.39, 0.29) is 12.0 Å². The van der Waals surface area contributed by atoms with E-state index in [1.807, 2.05) is 4.90 Å². The van der Waals surface area contributed by atoms with Crippen LogP contribution in [0.25, 0.3) is 0 Å². The van der Waals surface area contributed by atoms with Crippen LogP contribution >= 0.6 is 22.9 Å². The molecule has 0 bridgehead atoms.